The molecule has 0 aliphatic carbocycles. The Morgan fingerprint density at radius 2 is 2.09 bits per heavy atom. The van der Waals surface area contributed by atoms with Crippen molar-refractivity contribution < 1.29 is 13.7 Å². The second-order valence-electron chi connectivity index (χ2n) is 4.91. The fourth-order valence-electron chi connectivity index (χ4n) is 2.20. The van der Waals surface area contributed by atoms with E-state index < -0.39 is 5.82 Å². The maximum absolute atomic E-state index is 13.5. The van der Waals surface area contributed by atoms with Crippen LogP contribution in [-0.2, 0) is 6.61 Å². The highest BCUT2D eigenvalue weighted by atomic mass is 19.1. The summed E-state index contributed by atoms with van der Waals surface area (Å²) < 4.78 is 24.1. The van der Waals surface area contributed by atoms with Gasteiger partial charge in [0.05, 0.1) is 11.7 Å². The Kier molecular flexibility index (Phi) is 3.23. The molecule has 2 aromatic carbocycles. The van der Waals surface area contributed by atoms with Gasteiger partial charge in [-0.1, -0.05) is 23.4 Å². The quantitative estimate of drug-likeness (QED) is 0.625. The Hall–Kier alpha value is -3.22. The number of H-pyrrole nitrogens is 1. The van der Waals surface area contributed by atoms with Crippen LogP contribution in [-0.4, -0.2) is 20.3 Å². The second kappa shape index (κ2) is 5.53. The zero-order valence-corrected chi connectivity index (χ0v) is 11.9. The fraction of sp³-hybridized carbons (Fsp3) is 0.0625. The first-order valence-electron chi connectivity index (χ1n) is 6.93. The van der Waals surface area contributed by atoms with Gasteiger partial charge in [-0.3, -0.25) is 5.10 Å². The van der Waals surface area contributed by atoms with E-state index in [2.05, 4.69) is 20.3 Å². The van der Waals surface area contributed by atoms with Crippen molar-refractivity contribution in [1.82, 2.24) is 20.3 Å². The Bertz CT molecular complexity index is 963. The predicted molar refractivity (Wildman–Crippen MR) is 80.1 cm³/mol. The molecule has 0 radical (unpaired) electrons. The number of benzene rings is 2. The third kappa shape index (κ3) is 2.64. The van der Waals surface area contributed by atoms with Crippen LogP contribution in [0.4, 0.5) is 4.39 Å². The van der Waals surface area contributed by atoms with Crippen LogP contribution in [0.5, 0.6) is 5.75 Å². The Morgan fingerprint density at radius 3 is 3.00 bits per heavy atom. The van der Waals surface area contributed by atoms with Gasteiger partial charge >= 0.3 is 0 Å². The van der Waals surface area contributed by atoms with Crippen LogP contribution in [0, 0.1) is 5.82 Å². The van der Waals surface area contributed by atoms with E-state index in [4.69, 9.17) is 9.26 Å². The molecule has 0 amide bonds. The summed E-state index contributed by atoms with van der Waals surface area (Å²) in [5.74, 6) is 0.431. The van der Waals surface area contributed by atoms with Gasteiger partial charge < -0.3 is 9.26 Å². The molecule has 0 bridgehead atoms. The van der Waals surface area contributed by atoms with Crippen molar-refractivity contribution in [3.05, 3.63) is 60.3 Å². The van der Waals surface area contributed by atoms with E-state index in [-0.39, 0.29) is 12.4 Å². The van der Waals surface area contributed by atoms with Gasteiger partial charge in [-0.15, -0.1) is 0 Å². The molecule has 6 nitrogen and oxygen atoms in total. The molecule has 0 fully saturated rings. The predicted octanol–water partition coefficient (Wildman–Crippen LogP) is 3.33. The van der Waals surface area contributed by atoms with Gasteiger partial charge in [-0.25, -0.2) is 4.39 Å². The van der Waals surface area contributed by atoms with Gasteiger partial charge in [-0.05, 0) is 24.3 Å². The van der Waals surface area contributed by atoms with E-state index in [1.165, 1.54) is 6.07 Å². The molecule has 0 atom stereocenters. The summed E-state index contributed by atoms with van der Waals surface area (Å²) in [6, 6.07) is 11.8. The summed E-state index contributed by atoms with van der Waals surface area (Å²) in [5, 5.41) is 11.7. The first-order chi connectivity index (χ1) is 11.3. The van der Waals surface area contributed by atoms with Crippen molar-refractivity contribution in [1.29, 1.82) is 0 Å². The Morgan fingerprint density at radius 1 is 1.17 bits per heavy atom. The lowest BCUT2D eigenvalue weighted by atomic mass is 10.2. The van der Waals surface area contributed by atoms with Crippen LogP contribution in [0.3, 0.4) is 0 Å². The summed E-state index contributed by atoms with van der Waals surface area (Å²) in [4.78, 5) is 4.26. The summed E-state index contributed by atoms with van der Waals surface area (Å²) in [7, 11) is 0. The van der Waals surface area contributed by atoms with Gasteiger partial charge in [-0.2, -0.15) is 10.1 Å². The Balaban J connectivity index is 1.53. The molecule has 7 heteroatoms. The third-order valence-corrected chi connectivity index (χ3v) is 3.35. The number of hydrogen-bond acceptors (Lipinski definition) is 5. The normalized spacial score (nSPS) is 11.0. The minimum Gasteiger partial charge on any atom is -0.482 e. The van der Waals surface area contributed by atoms with E-state index in [0.717, 1.165) is 16.5 Å². The minimum atomic E-state index is -0.430. The van der Waals surface area contributed by atoms with Crippen molar-refractivity contribution in [3.8, 4) is 17.2 Å². The molecule has 114 valence electrons. The minimum absolute atomic E-state index is 0.0245. The van der Waals surface area contributed by atoms with Gasteiger partial charge in [0, 0.05) is 10.9 Å². The number of nitrogens with zero attached hydrogens (tertiary/aromatic N) is 3. The summed E-state index contributed by atoms with van der Waals surface area (Å²) >= 11 is 0. The van der Waals surface area contributed by atoms with Crippen LogP contribution >= 0.6 is 0 Å². The third-order valence-electron chi connectivity index (χ3n) is 3.35. The number of para-hydroxylation sites is 1. The van der Waals surface area contributed by atoms with Crippen molar-refractivity contribution >= 4 is 10.9 Å². The average molecular weight is 310 g/mol. The molecular formula is C16H11FN4O2. The highest BCUT2D eigenvalue weighted by molar-refractivity contribution is 5.82. The maximum Gasteiger partial charge on any atom is 0.258 e. The molecule has 0 spiro atoms. The smallest absolute Gasteiger partial charge is 0.258 e. The number of aromatic amines is 1. The molecular weight excluding hydrogens is 299 g/mol. The van der Waals surface area contributed by atoms with Crippen molar-refractivity contribution in [2.24, 2.45) is 0 Å². The number of nitrogens with one attached hydrogen (secondary N) is 1. The van der Waals surface area contributed by atoms with E-state index in [0.29, 0.717) is 11.7 Å². The Labute approximate surface area is 129 Å². The largest absolute Gasteiger partial charge is 0.482 e. The average Bonchev–Trinajstić information content (AvgIpc) is 3.22. The van der Waals surface area contributed by atoms with Crippen molar-refractivity contribution in [2.75, 3.05) is 0 Å². The summed E-state index contributed by atoms with van der Waals surface area (Å²) in [5.41, 5.74) is 1.65. The molecule has 1 N–H and O–H groups in total. The van der Waals surface area contributed by atoms with E-state index in [1.807, 2.05) is 18.2 Å². The second-order valence-corrected chi connectivity index (χ2v) is 4.91. The van der Waals surface area contributed by atoms with Crippen LogP contribution in [0.15, 0.2) is 53.2 Å². The van der Waals surface area contributed by atoms with Crippen LogP contribution in [0.2, 0.25) is 0 Å². The molecule has 0 saturated carbocycles. The molecule has 23 heavy (non-hydrogen) atoms. The van der Waals surface area contributed by atoms with Crippen molar-refractivity contribution in [3.63, 3.8) is 0 Å². The molecule has 4 rings (SSSR count). The number of fused-ring (bicyclic) bond motifs is 1. The highest BCUT2D eigenvalue weighted by Crippen LogP contribution is 2.22. The first-order valence-corrected chi connectivity index (χ1v) is 6.93. The van der Waals surface area contributed by atoms with Gasteiger partial charge in [0.1, 0.15) is 0 Å². The van der Waals surface area contributed by atoms with E-state index in [1.54, 1.807) is 24.4 Å². The molecule has 2 aromatic heterocycles. The van der Waals surface area contributed by atoms with Crippen LogP contribution < -0.4 is 4.74 Å². The fourth-order valence-corrected chi connectivity index (χ4v) is 2.20. The molecule has 0 saturated heterocycles. The molecule has 0 aliphatic heterocycles. The topological polar surface area (TPSA) is 76.8 Å². The van der Waals surface area contributed by atoms with Crippen LogP contribution in [0.1, 0.15) is 5.82 Å². The number of aromatic nitrogens is 4. The highest BCUT2D eigenvalue weighted by Gasteiger charge is 2.11. The number of ether oxygens (including phenoxy) is 1. The van der Waals surface area contributed by atoms with Gasteiger partial charge in [0.2, 0.25) is 5.82 Å². The lowest BCUT2D eigenvalue weighted by Gasteiger charge is -2.03. The number of halogens is 1. The molecule has 0 unspecified atom stereocenters. The number of rotatable bonds is 4. The SMILES string of the molecule is Fc1ccccc1OCc1noc(-c2ccc3cn[nH]c3c2)n1. The zero-order valence-electron chi connectivity index (χ0n) is 11.9. The molecule has 0 aliphatic rings. The number of hydrogen-bond donors (Lipinski definition) is 1. The monoisotopic (exact) mass is 310 g/mol. The summed E-state index contributed by atoms with van der Waals surface area (Å²) in [6.07, 6.45) is 1.74. The summed E-state index contributed by atoms with van der Waals surface area (Å²) in [6.45, 7) is 0.0245. The zero-order chi connectivity index (χ0) is 15.6. The van der Waals surface area contributed by atoms with Gasteiger partial charge in [0.15, 0.2) is 18.2 Å². The van der Waals surface area contributed by atoms with Crippen LogP contribution in [0.25, 0.3) is 22.4 Å². The van der Waals surface area contributed by atoms with Gasteiger partial charge in [0.25, 0.3) is 5.89 Å². The molecule has 2 heterocycles. The maximum atomic E-state index is 13.5. The standard InChI is InChI=1S/C16H11FN4O2/c17-12-3-1-2-4-14(12)22-9-15-19-16(23-21-15)10-5-6-11-8-18-20-13(11)7-10/h1-8H,9H2,(H,18,20). The van der Waals surface area contributed by atoms with E-state index >= 15 is 0 Å². The lowest BCUT2D eigenvalue weighted by Crippen LogP contribution is -1.99. The van der Waals surface area contributed by atoms with Crippen molar-refractivity contribution in [2.45, 2.75) is 6.61 Å². The first kappa shape index (κ1) is 13.4. The van der Waals surface area contributed by atoms with E-state index in [9.17, 15) is 4.39 Å². The molecule has 4 aromatic rings. The lowest BCUT2D eigenvalue weighted by molar-refractivity contribution is 0.274.